The van der Waals surface area contributed by atoms with Crippen LogP contribution in [0.4, 0.5) is 10.5 Å². The summed E-state index contributed by atoms with van der Waals surface area (Å²) in [4.78, 5) is 33.0. The maximum atomic E-state index is 13.1. The number of nitrogens with zero attached hydrogens (tertiary/aromatic N) is 3. The number of hydrogen-bond donors (Lipinski definition) is 1. The highest BCUT2D eigenvalue weighted by Crippen LogP contribution is 2.24. The Morgan fingerprint density at radius 1 is 1.03 bits per heavy atom. The Hall–Kier alpha value is -3.66. The molecule has 0 radical (unpaired) electrons. The van der Waals surface area contributed by atoms with E-state index in [-0.39, 0.29) is 29.0 Å². The van der Waals surface area contributed by atoms with Crippen LogP contribution in [0.25, 0.3) is 10.9 Å². The summed E-state index contributed by atoms with van der Waals surface area (Å²) in [5.74, 6) is -0.181. The molecular weight excluding hydrogens is 468 g/mol. The number of carbonyl (C=O) groups is 2. The zero-order chi connectivity index (χ0) is 25.2. The van der Waals surface area contributed by atoms with Crippen LogP contribution >= 0.6 is 0 Å². The molecule has 1 aliphatic heterocycles. The molecule has 10 heteroatoms. The van der Waals surface area contributed by atoms with E-state index in [1.165, 1.54) is 6.07 Å². The number of para-hydroxylation sites is 1. The van der Waals surface area contributed by atoms with Gasteiger partial charge in [0, 0.05) is 35.9 Å². The molecule has 4 rings (SSSR count). The van der Waals surface area contributed by atoms with Gasteiger partial charge in [-0.15, -0.1) is 0 Å². The number of ether oxygens (including phenoxy) is 1. The minimum Gasteiger partial charge on any atom is -0.450 e. The van der Waals surface area contributed by atoms with Crippen molar-refractivity contribution < 1.29 is 22.7 Å². The number of pyridine rings is 1. The highest BCUT2D eigenvalue weighted by Gasteiger charge is 2.35. The lowest BCUT2D eigenvalue weighted by molar-refractivity contribution is 0.0228. The van der Waals surface area contributed by atoms with E-state index >= 15 is 0 Å². The van der Waals surface area contributed by atoms with Crippen LogP contribution in [0.2, 0.25) is 0 Å². The molecule has 1 N–H and O–H groups in total. The summed E-state index contributed by atoms with van der Waals surface area (Å²) < 4.78 is 33.7. The molecule has 0 aliphatic carbocycles. The van der Waals surface area contributed by atoms with Crippen LogP contribution in [0.1, 0.15) is 31.1 Å². The molecule has 0 spiro atoms. The van der Waals surface area contributed by atoms with Crippen molar-refractivity contribution in [1.82, 2.24) is 14.8 Å². The average molecular weight is 497 g/mol. The number of nitrogens with one attached hydrogen (secondary N) is 1. The molecule has 2 aromatic carbocycles. The van der Waals surface area contributed by atoms with Gasteiger partial charge in [0.2, 0.25) is 0 Å². The fourth-order valence-corrected chi connectivity index (χ4v) is 5.65. The zero-order valence-corrected chi connectivity index (χ0v) is 20.7. The Labute approximate surface area is 204 Å². The van der Waals surface area contributed by atoms with Crippen molar-refractivity contribution in [2.24, 2.45) is 0 Å². The number of fused-ring (bicyclic) bond motifs is 1. The van der Waals surface area contributed by atoms with Crippen molar-refractivity contribution in [3.63, 3.8) is 0 Å². The third-order valence-corrected chi connectivity index (χ3v) is 7.37. The molecule has 1 saturated heterocycles. The second-order valence-corrected chi connectivity index (χ2v) is 10.2. The fourth-order valence-electron chi connectivity index (χ4n) is 4.41. The number of anilines is 1. The van der Waals surface area contributed by atoms with Crippen molar-refractivity contribution in [2.45, 2.75) is 37.8 Å². The van der Waals surface area contributed by atoms with Crippen molar-refractivity contribution in [3.05, 3.63) is 66.4 Å². The van der Waals surface area contributed by atoms with Gasteiger partial charge < -0.3 is 9.64 Å². The topological polar surface area (TPSA) is 109 Å². The predicted octanol–water partition coefficient (Wildman–Crippen LogP) is 3.73. The Bertz CT molecular complexity index is 1330. The van der Waals surface area contributed by atoms with Gasteiger partial charge in [-0.2, -0.15) is 0 Å². The summed E-state index contributed by atoms with van der Waals surface area (Å²) in [6.45, 7) is 6.58. The van der Waals surface area contributed by atoms with Crippen LogP contribution in [-0.4, -0.2) is 67.0 Å². The van der Waals surface area contributed by atoms with Crippen LogP contribution in [0, 0.1) is 0 Å². The van der Waals surface area contributed by atoms with Gasteiger partial charge in [-0.1, -0.05) is 18.2 Å². The zero-order valence-electron chi connectivity index (χ0n) is 19.8. The summed E-state index contributed by atoms with van der Waals surface area (Å²) in [6, 6.07) is 14.5. The highest BCUT2D eigenvalue weighted by molar-refractivity contribution is 7.93. The molecule has 0 saturated carbocycles. The molecule has 1 aromatic heterocycles. The van der Waals surface area contributed by atoms with E-state index in [0.717, 1.165) is 5.39 Å². The smallest absolute Gasteiger partial charge is 0.410 e. The van der Waals surface area contributed by atoms with Crippen LogP contribution in [0.3, 0.4) is 0 Å². The van der Waals surface area contributed by atoms with E-state index in [1.807, 2.05) is 13.8 Å². The number of amides is 2. The molecule has 2 atom stereocenters. The van der Waals surface area contributed by atoms with Crippen LogP contribution in [0.5, 0.6) is 0 Å². The molecule has 35 heavy (non-hydrogen) atoms. The second-order valence-electron chi connectivity index (χ2n) is 8.53. The number of piperazine rings is 1. The quantitative estimate of drug-likeness (QED) is 0.577. The summed E-state index contributed by atoms with van der Waals surface area (Å²) in [6.07, 6.45) is 1.17. The Kier molecular flexibility index (Phi) is 6.93. The fraction of sp³-hybridized carbons (Fsp3) is 0.320. The Balaban J connectivity index is 1.47. The minimum atomic E-state index is -3.88. The van der Waals surface area contributed by atoms with E-state index in [0.29, 0.717) is 36.5 Å². The molecule has 0 bridgehead atoms. The second kappa shape index (κ2) is 9.91. The third kappa shape index (κ3) is 5.07. The lowest BCUT2D eigenvalue weighted by atomic mass is 10.1. The molecule has 184 valence electrons. The molecular formula is C25H28N4O5S. The van der Waals surface area contributed by atoms with Crippen molar-refractivity contribution in [1.29, 1.82) is 0 Å². The molecule has 2 heterocycles. The van der Waals surface area contributed by atoms with E-state index in [9.17, 15) is 18.0 Å². The van der Waals surface area contributed by atoms with Gasteiger partial charge in [-0.25, -0.2) is 13.2 Å². The Morgan fingerprint density at radius 3 is 2.34 bits per heavy atom. The number of sulfonamides is 1. The van der Waals surface area contributed by atoms with Gasteiger partial charge in [0.25, 0.3) is 15.9 Å². The lowest BCUT2D eigenvalue weighted by Crippen LogP contribution is -2.59. The molecule has 1 aliphatic rings. The van der Waals surface area contributed by atoms with Gasteiger partial charge in [0.05, 0.1) is 24.2 Å². The highest BCUT2D eigenvalue weighted by atomic mass is 32.2. The van der Waals surface area contributed by atoms with Gasteiger partial charge in [0.1, 0.15) is 4.90 Å². The number of aromatic nitrogens is 1. The third-order valence-electron chi connectivity index (χ3n) is 5.95. The minimum absolute atomic E-state index is 0.0817. The summed E-state index contributed by atoms with van der Waals surface area (Å²) in [5.41, 5.74) is 1.16. The van der Waals surface area contributed by atoms with Crippen molar-refractivity contribution in [2.75, 3.05) is 24.4 Å². The predicted molar refractivity (Wildman–Crippen MR) is 133 cm³/mol. The number of carbonyl (C=O) groups excluding carboxylic acids is 2. The first-order chi connectivity index (χ1) is 16.7. The van der Waals surface area contributed by atoms with Crippen molar-refractivity contribution >= 4 is 38.6 Å². The summed E-state index contributed by atoms with van der Waals surface area (Å²) in [5, 5.41) is 0.725. The lowest BCUT2D eigenvalue weighted by Gasteiger charge is -2.43. The normalized spacial score (nSPS) is 18.4. The summed E-state index contributed by atoms with van der Waals surface area (Å²) in [7, 11) is -3.88. The maximum Gasteiger partial charge on any atom is 0.410 e. The van der Waals surface area contributed by atoms with E-state index < -0.39 is 10.0 Å². The first kappa shape index (κ1) is 24.5. The van der Waals surface area contributed by atoms with Gasteiger partial charge in [-0.3, -0.25) is 19.4 Å². The van der Waals surface area contributed by atoms with Crippen LogP contribution < -0.4 is 4.72 Å². The molecule has 3 aromatic rings. The molecule has 1 fully saturated rings. The number of rotatable bonds is 5. The van der Waals surface area contributed by atoms with Crippen LogP contribution in [-0.2, 0) is 14.8 Å². The molecule has 2 amide bonds. The number of benzene rings is 2. The molecule has 9 nitrogen and oxygen atoms in total. The van der Waals surface area contributed by atoms with E-state index in [2.05, 4.69) is 9.71 Å². The average Bonchev–Trinajstić information content (AvgIpc) is 2.83. The van der Waals surface area contributed by atoms with E-state index in [1.54, 1.807) is 71.5 Å². The molecule has 0 unspecified atom stereocenters. The maximum absolute atomic E-state index is 13.1. The monoisotopic (exact) mass is 496 g/mol. The largest absolute Gasteiger partial charge is 0.450 e. The Morgan fingerprint density at radius 2 is 1.69 bits per heavy atom. The first-order valence-corrected chi connectivity index (χ1v) is 12.9. The van der Waals surface area contributed by atoms with Gasteiger partial charge in [0.15, 0.2) is 0 Å². The SMILES string of the molecule is CCOC(=O)N1[C@H](C)CN(C(=O)c2ccc(NS(=O)(=O)c3cccc4cccnc34)cc2)C[C@@H]1C. The van der Waals surface area contributed by atoms with Crippen molar-refractivity contribution in [3.8, 4) is 0 Å². The first-order valence-electron chi connectivity index (χ1n) is 11.4. The summed E-state index contributed by atoms with van der Waals surface area (Å²) >= 11 is 0. The van der Waals surface area contributed by atoms with Gasteiger partial charge >= 0.3 is 6.09 Å². The van der Waals surface area contributed by atoms with Gasteiger partial charge in [-0.05, 0) is 57.2 Å². The van der Waals surface area contributed by atoms with E-state index in [4.69, 9.17) is 4.74 Å². The standard InChI is InChI=1S/C25H28N4O5S/c1-4-34-25(31)29-17(2)15-28(16-18(29)3)24(30)20-10-12-21(13-11-20)27-35(32,33)22-9-5-7-19-8-6-14-26-23(19)22/h5-14,17-18,27H,4,15-16H2,1-3H3/t17-,18+. The number of hydrogen-bond acceptors (Lipinski definition) is 6. The van der Waals surface area contributed by atoms with Crippen LogP contribution in [0.15, 0.2) is 65.7 Å².